The minimum atomic E-state index is -3.65. The Kier molecular flexibility index (Phi) is 7.57. The third kappa shape index (κ3) is 5.61. The number of aromatic nitrogens is 3. The molecule has 0 unspecified atom stereocenters. The van der Waals surface area contributed by atoms with Crippen molar-refractivity contribution in [1.29, 1.82) is 0 Å². The molecule has 180 valence electrons. The third-order valence-electron chi connectivity index (χ3n) is 5.82. The van der Waals surface area contributed by atoms with Gasteiger partial charge in [-0.05, 0) is 62.1 Å². The van der Waals surface area contributed by atoms with E-state index in [1.54, 1.807) is 42.5 Å². The fourth-order valence-corrected chi connectivity index (χ4v) is 6.01. The summed E-state index contributed by atoms with van der Waals surface area (Å²) in [6.07, 6.45) is 2.24. The van der Waals surface area contributed by atoms with Crippen LogP contribution >= 0.6 is 11.8 Å². The van der Waals surface area contributed by atoms with Gasteiger partial charge in [-0.3, -0.25) is 9.52 Å². The van der Waals surface area contributed by atoms with Gasteiger partial charge in [-0.15, -0.1) is 10.2 Å². The summed E-state index contributed by atoms with van der Waals surface area (Å²) in [6, 6.07) is 15.3. The number of likely N-dealkylation sites (tertiary alicyclic amines) is 1. The predicted molar refractivity (Wildman–Crippen MR) is 134 cm³/mol. The molecular weight excluding hydrogens is 470 g/mol. The van der Waals surface area contributed by atoms with Crippen molar-refractivity contribution in [2.75, 3.05) is 23.6 Å². The Morgan fingerprint density at radius 3 is 2.53 bits per heavy atom. The standard InChI is InChI=1S/C24H29N5O3S2/c1-3-29-23(25-26-24(29)33-17-22(30)28-15-7-8-18(2)16-28)19-11-13-20(14-12-19)27-34(31,32)21-9-5-4-6-10-21/h4-6,9-14,18,27H,3,7-8,15-17H2,1-2H3/t18-/m1/s1. The predicted octanol–water partition coefficient (Wildman–Crippen LogP) is 4.12. The van der Waals surface area contributed by atoms with Crippen LogP contribution in [0, 0.1) is 5.92 Å². The summed E-state index contributed by atoms with van der Waals surface area (Å²) in [5.41, 5.74) is 1.28. The third-order valence-corrected chi connectivity index (χ3v) is 8.17. The van der Waals surface area contributed by atoms with Crippen LogP contribution in [-0.2, 0) is 21.4 Å². The first-order valence-corrected chi connectivity index (χ1v) is 13.9. The number of sulfonamides is 1. The molecule has 1 aromatic heterocycles. The Hall–Kier alpha value is -2.85. The molecule has 4 rings (SSSR count). The molecule has 2 aromatic carbocycles. The van der Waals surface area contributed by atoms with Crippen LogP contribution in [0.5, 0.6) is 0 Å². The average molecular weight is 500 g/mol. The number of carbonyl (C=O) groups excluding carboxylic acids is 1. The molecular formula is C24H29N5O3S2. The fraction of sp³-hybridized carbons (Fsp3) is 0.375. The number of anilines is 1. The molecule has 1 aliphatic rings. The van der Waals surface area contributed by atoms with Gasteiger partial charge in [0.05, 0.1) is 10.6 Å². The SMILES string of the molecule is CCn1c(SCC(=O)N2CCC[C@@H](C)C2)nnc1-c1ccc(NS(=O)(=O)c2ccccc2)cc1. The number of benzene rings is 2. The van der Waals surface area contributed by atoms with Gasteiger partial charge >= 0.3 is 0 Å². The summed E-state index contributed by atoms with van der Waals surface area (Å²) in [6.45, 7) is 6.50. The van der Waals surface area contributed by atoms with Gasteiger partial charge in [0, 0.05) is 30.9 Å². The second-order valence-corrected chi connectivity index (χ2v) is 11.0. The minimum Gasteiger partial charge on any atom is -0.342 e. The quantitative estimate of drug-likeness (QED) is 0.469. The molecule has 0 saturated carbocycles. The van der Waals surface area contributed by atoms with E-state index < -0.39 is 10.0 Å². The summed E-state index contributed by atoms with van der Waals surface area (Å²) in [5, 5.41) is 9.35. The number of nitrogens with one attached hydrogen (secondary N) is 1. The van der Waals surface area contributed by atoms with Crippen molar-refractivity contribution in [2.45, 2.75) is 43.3 Å². The van der Waals surface area contributed by atoms with Crippen molar-refractivity contribution in [3.05, 3.63) is 54.6 Å². The molecule has 8 nitrogen and oxygen atoms in total. The number of amides is 1. The number of nitrogens with zero attached hydrogens (tertiary/aromatic N) is 4. The van der Waals surface area contributed by atoms with Crippen LogP contribution in [0.3, 0.4) is 0 Å². The molecule has 1 atom stereocenters. The highest BCUT2D eigenvalue weighted by Gasteiger charge is 2.22. The van der Waals surface area contributed by atoms with Crippen LogP contribution in [-0.4, -0.2) is 52.8 Å². The largest absolute Gasteiger partial charge is 0.342 e. The number of hydrogen-bond donors (Lipinski definition) is 1. The molecule has 10 heteroatoms. The van der Waals surface area contributed by atoms with E-state index in [9.17, 15) is 13.2 Å². The zero-order valence-electron chi connectivity index (χ0n) is 19.3. The molecule has 34 heavy (non-hydrogen) atoms. The summed E-state index contributed by atoms with van der Waals surface area (Å²) >= 11 is 1.41. The number of hydrogen-bond acceptors (Lipinski definition) is 6. The average Bonchev–Trinajstić information content (AvgIpc) is 3.26. The Balaban J connectivity index is 1.44. The van der Waals surface area contributed by atoms with E-state index in [-0.39, 0.29) is 10.8 Å². The lowest BCUT2D eigenvalue weighted by molar-refractivity contribution is -0.130. The monoisotopic (exact) mass is 499 g/mol. The van der Waals surface area contributed by atoms with Crippen molar-refractivity contribution in [2.24, 2.45) is 5.92 Å². The molecule has 2 heterocycles. The molecule has 0 bridgehead atoms. The Morgan fingerprint density at radius 2 is 1.85 bits per heavy atom. The van der Waals surface area contributed by atoms with E-state index >= 15 is 0 Å². The first-order valence-electron chi connectivity index (χ1n) is 11.4. The van der Waals surface area contributed by atoms with Crippen LogP contribution in [0.25, 0.3) is 11.4 Å². The first kappa shape index (κ1) is 24.3. The molecule has 0 aliphatic carbocycles. The van der Waals surface area contributed by atoms with Crippen molar-refractivity contribution in [3.63, 3.8) is 0 Å². The highest BCUT2D eigenvalue weighted by molar-refractivity contribution is 7.99. The smallest absolute Gasteiger partial charge is 0.261 e. The van der Waals surface area contributed by atoms with Crippen LogP contribution in [0.4, 0.5) is 5.69 Å². The maximum absolute atomic E-state index is 12.6. The summed E-state index contributed by atoms with van der Waals surface area (Å²) in [4.78, 5) is 14.8. The minimum absolute atomic E-state index is 0.138. The highest BCUT2D eigenvalue weighted by atomic mass is 32.2. The van der Waals surface area contributed by atoms with Gasteiger partial charge in [-0.2, -0.15) is 0 Å². The summed E-state index contributed by atoms with van der Waals surface area (Å²) < 4.78 is 29.7. The number of thioether (sulfide) groups is 1. The zero-order valence-corrected chi connectivity index (χ0v) is 21.0. The van der Waals surface area contributed by atoms with Gasteiger partial charge in [0.1, 0.15) is 0 Å². The maximum atomic E-state index is 12.6. The van der Waals surface area contributed by atoms with Gasteiger partial charge in [-0.25, -0.2) is 8.42 Å². The lowest BCUT2D eigenvalue weighted by Crippen LogP contribution is -2.40. The van der Waals surface area contributed by atoms with E-state index in [1.807, 2.05) is 28.5 Å². The molecule has 3 aromatic rings. The van der Waals surface area contributed by atoms with Gasteiger partial charge in [0.2, 0.25) is 5.91 Å². The molecule has 1 amide bonds. The van der Waals surface area contributed by atoms with Gasteiger partial charge < -0.3 is 9.47 Å². The maximum Gasteiger partial charge on any atom is 0.261 e. The zero-order chi connectivity index (χ0) is 24.1. The second-order valence-electron chi connectivity index (χ2n) is 8.42. The Labute approximate surface area is 204 Å². The number of rotatable bonds is 8. The Morgan fingerprint density at radius 1 is 1.12 bits per heavy atom. The van der Waals surface area contributed by atoms with Crippen molar-refractivity contribution in [3.8, 4) is 11.4 Å². The van der Waals surface area contributed by atoms with Crippen LogP contribution < -0.4 is 4.72 Å². The first-order chi connectivity index (χ1) is 16.4. The van der Waals surface area contributed by atoms with E-state index in [0.29, 0.717) is 34.9 Å². The number of carbonyl (C=O) groups is 1. The van der Waals surface area contributed by atoms with E-state index in [0.717, 1.165) is 25.1 Å². The van der Waals surface area contributed by atoms with Crippen LogP contribution in [0.15, 0.2) is 64.6 Å². The lowest BCUT2D eigenvalue weighted by atomic mass is 10.0. The second kappa shape index (κ2) is 10.6. The van der Waals surface area contributed by atoms with E-state index in [2.05, 4.69) is 21.8 Å². The van der Waals surface area contributed by atoms with Gasteiger partial charge in [-0.1, -0.05) is 36.9 Å². The lowest BCUT2D eigenvalue weighted by Gasteiger charge is -2.30. The molecule has 1 saturated heterocycles. The van der Waals surface area contributed by atoms with Crippen LogP contribution in [0.2, 0.25) is 0 Å². The normalized spacial score (nSPS) is 16.4. The molecule has 1 N–H and O–H groups in total. The molecule has 1 aliphatic heterocycles. The fourth-order valence-electron chi connectivity index (χ4n) is 4.03. The molecule has 0 radical (unpaired) electrons. The van der Waals surface area contributed by atoms with E-state index in [1.165, 1.54) is 18.2 Å². The molecule has 1 fully saturated rings. The van der Waals surface area contributed by atoms with Crippen LogP contribution in [0.1, 0.15) is 26.7 Å². The van der Waals surface area contributed by atoms with Gasteiger partial charge in [0.15, 0.2) is 11.0 Å². The molecule has 0 spiro atoms. The topological polar surface area (TPSA) is 97.2 Å². The van der Waals surface area contributed by atoms with Crippen molar-refractivity contribution in [1.82, 2.24) is 19.7 Å². The highest BCUT2D eigenvalue weighted by Crippen LogP contribution is 2.26. The summed E-state index contributed by atoms with van der Waals surface area (Å²) in [5.74, 6) is 1.71. The van der Waals surface area contributed by atoms with Crippen molar-refractivity contribution < 1.29 is 13.2 Å². The van der Waals surface area contributed by atoms with Crippen molar-refractivity contribution >= 4 is 33.4 Å². The van der Waals surface area contributed by atoms with Gasteiger partial charge in [0.25, 0.3) is 10.0 Å². The van der Waals surface area contributed by atoms with E-state index in [4.69, 9.17) is 0 Å². The summed E-state index contributed by atoms with van der Waals surface area (Å²) in [7, 11) is -3.65. The Bertz CT molecular complexity index is 1230. The number of piperidine rings is 1.